The van der Waals surface area contributed by atoms with Gasteiger partial charge in [-0.2, -0.15) is 0 Å². The lowest BCUT2D eigenvalue weighted by Gasteiger charge is -2.45. The van der Waals surface area contributed by atoms with E-state index in [0.29, 0.717) is 0 Å². The first kappa shape index (κ1) is 35.2. The minimum absolute atomic E-state index is 0.539. The summed E-state index contributed by atoms with van der Waals surface area (Å²) in [4.78, 5) is 2.45. The minimum Gasteiger partial charge on any atom is -0.310 e. The van der Waals surface area contributed by atoms with E-state index in [0.717, 1.165) is 17.1 Å². The average molecular weight is 814 g/mol. The van der Waals surface area contributed by atoms with Gasteiger partial charge in [-0.15, -0.1) is 0 Å². The van der Waals surface area contributed by atoms with Gasteiger partial charge in [0, 0.05) is 44.2 Å². The monoisotopic (exact) mass is 813 g/mol. The first-order valence-electron chi connectivity index (χ1n) is 22.2. The lowest BCUT2D eigenvalue weighted by atomic mass is 9.64. The predicted molar refractivity (Wildman–Crippen MR) is 266 cm³/mol. The van der Waals surface area contributed by atoms with Crippen LogP contribution in [0.4, 0.5) is 17.1 Å². The molecule has 0 bridgehead atoms. The zero-order valence-corrected chi connectivity index (χ0v) is 34.9. The molecule has 0 atom stereocenters. The molecular formula is C61H39N3. The van der Waals surface area contributed by atoms with Crippen molar-refractivity contribution in [3.05, 3.63) is 259 Å². The van der Waals surface area contributed by atoms with Crippen LogP contribution in [0.2, 0.25) is 0 Å². The van der Waals surface area contributed by atoms with Crippen molar-refractivity contribution < 1.29 is 0 Å². The van der Waals surface area contributed by atoms with Crippen LogP contribution in [0.3, 0.4) is 0 Å². The highest BCUT2D eigenvalue weighted by molar-refractivity contribution is 6.16. The molecule has 14 rings (SSSR count). The normalized spacial score (nSPS) is 13.4. The minimum atomic E-state index is -0.539. The summed E-state index contributed by atoms with van der Waals surface area (Å²) in [6.45, 7) is 0. The highest BCUT2D eigenvalue weighted by atomic mass is 15.2. The van der Waals surface area contributed by atoms with E-state index in [1.54, 1.807) is 0 Å². The van der Waals surface area contributed by atoms with Gasteiger partial charge in [-0.05, 0) is 112 Å². The standard InChI is InChI=1S/C61H39N3/c1-3-18-41(19-4-1)62-58-32-15-11-28-52(58)61(53-29-12-16-33-59(53)62)51-27-10-7-22-45(51)46-36-35-43(39-54(46)61)63-55-30-13-9-24-48(55)50-38-40(34-37-57(50)63)44-25-17-26-49-47-23-8-14-31-56(47)64(60(44)49)42-20-5-2-6-21-42/h1-39H. The molecule has 0 unspecified atom stereocenters. The van der Waals surface area contributed by atoms with Crippen LogP contribution in [0.15, 0.2) is 237 Å². The van der Waals surface area contributed by atoms with Gasteiger partial charge < -0.3 is 14.0 Å². The van der Waals surface area contributed by atoms with Crippen molar-refractivity contribution in [3.8, 4) is 33.6 Å². The second-order valence-corrected chi connectivity index (χ2v) is 17.2. The summed E-state index contributed by atoms with van der Waals surface area (Å²) in [5.41, 5.74) is 20.3. The van der Waals surface area contributed by atoms with Gasteiger partial charge in [0.25, 0.3) is 0 Å². The van der Waals surface area contributed by atoms with Crippen molar-refractivity contribution in [2.45, 2.75) is 5.41 Å². The molecule has 0 saturated heterocycles. The number of benzene rings is 10. The van der Waals surface area contributed by atoms with Crippen molar-refractivity contribution in [1.82, 2.24) is 9.13 Å². The van der Waals surface area contributed by atoms with Gasteiger partial charge in [0.15, 0.2) is 0 Å². The number of nitrogens with zero attached hydrogens (tertiary/aromatic N) is 3. The van der Waals surface area contributed by atoms with E-state index in [9.17, 15) is 0 Å². The quantitative estimate of drug-likeness (QED) is 0.172. The lowest BCUT2D eigenvalue weighted by Crippen LogP contribution is -2.36. The van der Waals surface area contributed by atoms with Gasteiger partial charge in [-0.25, -0.2) is 0 Å². The summed E-state index contributed by atoms with van der Waals surface area (Å²) in [5.74, 6) is 0. The molecule has 3 heteroatoms. The molecule has 64 heavy (non-hydrogen) atoms. The fourth-order valence-corrected chi connectivity index (χ4v) is 11.6. The Morgan fingerprint density at radius 2 is 0.812 bits per heavy atom. The van der Waals surface area contributed by atoms with Crippen LogP contribution in [0.25, 0.3) is 77.2 Å². The molecular weight excluding hydrogens is 775 g/mol. The maximum atomic E-state index is 2.50. The summed E-state index contributed by atoms with van der Waals surface area (Å²) in [5, 5.41) is 4.98. The number of anilines is 3. The largest absolute Gasteiger partial charge is 0.310 e. The van der Waals surface area contributed by atoms with Gasteiger partial charge in [-0.1, -0.05) is 164 Å². The lowest BCUT2D eigenvalue weighted by molar-refractivity contribution is 0.752. The second kappa shape index (κ2) is 13.3. The van der Waals surface area contributed by atoms with Gasteiger partial charge in [0.05, 0.1) is 38.9 Å². The molecule has 0 amide bonds. The molecule has 2 aromatic heterocycles. The van der Waals surface area contributed by atoms with Gasteiger partial charge in [0.2, 0.25) is 0 Å². The van der Waals surface area contributed by atoms with E-state index >= 15 is 0 Å². The first-order valence-corrected chi connectivity index (χ1v) is 22.2. The summed E-state index contributed by atoms with van der Waals surface area (Å²) < 4.78 is 4.93. The van der Waals surface area contributed by atoms with Crippen LogP contribution in [0.5, 0.6) is 0 Å². The van der Waals surface area contributed by atoms with Crippen molar-refractivity contribution >= 4 is 60.7 Å². The predicted octanol–water partition coefficient (Wildman–Crippen LogP) is 15.7. The van der Waals surface area contributed by atoms with E-state index in [4.69, 9.17) is 0 Å². The Balaban J connectivity index is 1.01. The zero-order chi connectivity index (χ0) is 41.9. The topological polar surface area (TPSA) is 13.1 Å². The highest BCUT2D eigenvalue weighted by Gasteiger charge is 2.51. The molecule has 1 aliphatic carbocycles. The van der Waals surface area contributed by atoms with Gasteiger partial charge in [0.1, 0.15) is 0 Å². The maximum Gasteiger partial charge on any atom is 0.0755 e. The third-order valence-corrected chi connectivity index (χ3v) is 14.1. The SMILES string of the molecule is c1ccc(N2c3ccccc3C3(c4ccccc4-c4ccc(-n5c6ccccc6c6cc(-c7cccc8c9ccccc9n(-c9ccccc9)c78)ccc65)cc43)c3ccccc32)cc1. The molecule has 12 aromatic rings. The number of rotatable bonds is 4. The average Bonchev–Trinajstić information content (AvgIpc) is 3.99. The molecule has 0 radical (unpaired) electrons. The van der Waals surface area contributed by atoms with Crippen LogP contribution >= 0.6 is 0 Å². The fraction of sp³-hybridized carbons (Fsp3) is 0.0164. The molecule has 10 aromatic carbocycles. The van der Waals surface area contributed by atoms with E-state index in [1.165, 1.54) is 99.5 Å². The molecule has 3 heterocycles. The Morgan fingerprint density at radius 3 is 1.55 bits per heavy atom. The van der Waals surface area contributed by atoms with Crippen molar-refractivity contribution in [2.24, 2.45) is 0 Å². The summed E-state index contributed by atoms with van der Waals surface area (Å²) in [7, 11) is 0. The number of para-hydroxylation sites is 7. The summed E-state index contributed by atoms with van der Waals surface area (Å²) in [6, 6.07) is 87.6. The molecule has 0 fully saturated rings. The Kier molecular flexibility index (Phi) is 7.32. The summed E-state index contributed by atoms with van der Waals surface area (Å²) >= 11 is 0. The maximum absolute atomic E-state index is 2.50. The molecule has 0 N–H and O–H groups in total. The summed E-state index contributed by atoms with van der Waals surface area (Å²) in [6.07, 6.45) is 0. The molecule has 298 valence electrons. The smallest absolute Gasteiger partial charge is 0.0755 e. The molecule has 1 aliphatic heterocycles. The Bertz CT molecular complexity index is 3810. The molecule has 3 nitrogen and oxygen atoms in total. The molecule has 2 aliphatic rings. The molecule has 0 saturated carbocycles. The Morgan fingerprint density at radius 1 is 0.281 bits per heavy atom. The van der Waals surface area contributed by atoms with Crippen LogP contribution in [-0.4, -0.2) is 9.13 Å². The molecule has 1 spiro atoms. The number of aromatic nitrogens is 2. The number of hydrogen-bond donors (Lipinski definition) is 0. The van der Waals surface area contributed by atoms with E-state index in [2.05, 4.69) is 251 Å². The van der Waals surface area contributed by atoms with Crippen LogP contribution in [0.1, 0.15) is 22.3 Å². The number of fused-ring (bicyclic) bond motifs is 15. The van der Waals surface area contributed by atoms with Crippen molar-refractivity contribution in [1.29, 1.82) is 0 Å². The van der Waals surface area contributed by atoms with Crippen LogP contribution in [-0.2, 0) is 5.41 Å². The van der Waals surface area contributed by atoms with Crippen LogP contribution < -0.4 is 4.90 Å². The third kappa shape index (κ3) is 4.65. The van der Waals surface area contributed by atoms with Crippen molar-refractivity contribution in [2.75, 3.05) is 4.90 Å². The fourth-order valence-electron chi connectivity index (χ4n) is 11.6. The van der Waals surface area contributed by atoms with Gasteiger partial charge >= 0.3 is 0 Å². The van der Waals surface area contributed by atoms with Gasteiger partial charge in [-0.3, -0.25) is 0 Å². The third-order valence-electron chi connectivity index (χ3n) is 14.1. The van der Waals surface area contributed by atoms with E-state index in [-0.39, 0.29) is 0 Å². The second-order valence-electron chi connectivity index (χ2n) is 17.2. The van der Waals surface area contributed by atoms with E-state index < -0.39 is 5.41 Å². The van der Waals surface area contributed by atoms with E-state index in [1.807, 2.05) is 0 Å². The Hall–Kier alpha value is -8.40. The Labute approximate surface area is 371 Å². The number of hydrogen-bond acceptors (Lipinski definition) is 1. The first-order chi connectivity index (χ1) is 31.8. The highest BCUT2D eigenvalue weighted by Crippen LogP contribution is 2.63. The zero-order valence-electron chi connectivity index (χ0n) is 34.9. The van der Waals surface area contributed by atoms with Crippen molar-refractivity contribution in [3.63, 3.8) is 0 Å². The van der Waals surface area contributed by atoms with Crippen LogP contribution in [0, 0.1) is 0 Å².